The summed E-state index contributed by atoms with van der Waals surface area (Å²) in [5.41, 5.74) is 1.79. The van der Waals surface area contributed by atoms with Crippen LogP contribution in [0.1, 0.15) is 5.69 Å². The van der Waals surface area contributed by atoms with E-state index in [4.69, 9.17) is 9.47 Å². The van der Waals surface area contributed by atoms with Gasteiger partial charge in [0.05, 0.1) is 14.2 Å². The van der Waals surface area contributed by atoms with Crippen LogP contribution in [0.4, 0.5) is 17.5 Å². The predicted molar refractivity (Wildman–Crippen MR) is 99.3 cm³/mol. The molecule has 25 heavy (non-hydrogen) atoms. The van der Waals surface area contributed by atoms with Crippen molar-refractivity contribution in [1.29, 1.82) is 0 Å². The number of ether oxygens (including phenoxy) is 2. The quantitative estimate of drug-likeness (QED) is 0.894. The SMILES string of the molecule is COc1ccc(Nc2nc(C)cc(N3CCN(C)CC3)n2)cc1OC. The van der Waals surface area contributed by atoms with Crippen molar-refractivity contribution in [2.24, 2.45) is 0 Å². The van der Waals surface area contributed by atoms with Gasteiger partial charge in [-0.25, -0.2) is 4.98 Å². The maximum absolute atomic E-state index is 5.35. The molecule has 0 aliphatic carbocycles. The summed E-state index contributed by atoms with van der Waals surface area (Å²) >= 11 is 0. The van der Waals surface area contributed by atoms with Crippen molar-refractivity contribution in [2.45, 2.75) is 6.92 Å². The van der Waals surface area contributed by atoms with Gasteiger partial charge in [-0.05, 0) is 26.1 Å². The van der Waals surface area contributed by atoms with Gasteiger partial charge in [0, 0.05) is 49.7 Å². The van der Waals surface area contributed by atoms with Gasteiger partial charge >= 0.3 is 0 Å². The van der Waals surface area contributed by atoms with E-state index in [1.165, 1.54) is 0 Å². The Morgan fingerprint density at radius 1 is 0.960 bits per heavy atom. The van der Waals surface area contributed by atoms with Crippen molar-refractivity contribution < 1.29 is 9.47 Å². The third kappa shape index (κ3) is 4.11. The number of rotatable bonds is 5. The molecule has 7 heteroatoms. The van der Waals surface area contributed by atoms with Crippen LogP contribution in [0, 0.1) is 6.92 Å². The number of aryl methyl sites for hydroxylation is 1. The van der Waals surface area contributed by atoms with E-state index in [0.717, 1.165) is 43.4 Å². The molecule has 1 aromatic heterocycles. The molecule has 0 amide bonds. The van der Waals surface area contributed by atoms with E-state index < -0.39 is 0 Å². The number of aromatic nitrogens is 2. The maximum Gasteiger partial charge on any atom is 0.229 e. The Labute approximate surface area is 148 Å². The third-order valence-corrected chi connectivity index (χ3v) is 4.31. The molecule has 0 bridgehead atoms. The number of piperazine rings is 1. The fourth-order valence-corrected chi connectivity index (χ4v) is 2.85. The fraction of sp³-hybridized carbons (Fsp3) is 0.444. The van der Waals surface area contributed by atoms with Crippen LogP contribution in [-0.2, 0) is 0 Å². The molecule has 0 atom stereocenters. The van der Waals surface area contributed by atoms with Crippen molar-refractivity contribution in [3.63, 3.8) is 0 Å². The first kappa shape index (κ1) is 17.3. The Balaban J connectivity index is 1.81. The zero-order valence-corrected chi connectivity index (χ0v) is 15.2. The summed E-state index contributed by atoms with van der Waals surface area (Å²) in [4.78, 5) is 13.8. The second kappa shape index (κ2) is 7.57. The molecule has 0 saturated carbocycles. The number of methoxy groups -OCH3 is 2. The Morgan fingerprint density at radius 3 is 2.36 bits per heavy atom. The lowest BCUT2D eigenvalue weighted by Gasteiger charge is -2.33. The molecule has 2 aromatic rings. The van der Waals surface area contributed by atoms with Crippen molar-refractivity contribution in [3.8, 4) is 11.5 Å². The van der Waals surface area contributed by atoms with Gasteiger partial charge in [0.2, 0.25) is 5.95 Å². The van der Waals surface area contributed by atoms with Crippen molar-refractivity contribution in [2.75, 3.05) is 57.7 Å². The summed E-state index contributed by atoms with van der Waals surface area (Å²) in [7, 11) is 5.39. The second-order valence-corrected chi connectivity index (χ2v) is 6.18. The van der Waals surface area contributed by atoms with Crippen LogP contribution < -0.4 is 19.7 Å². The number of benzene rings is 1. The van der Waals surface area contributed by atoms with Crippen LogP contribution in [0.5, 0.6) is 11.5 Å². The number of likely N-dealkylation sites (N-methyl/N-ethyl adjacent to an activating group) is 1. The number of anilines is 3. The highest BCUT2D eigenvalue weighted by atomic mass is 16.5. The molecule has 1 aromatic carbocycles. The molecule has 2 heterocycles. The molecule has 1 aliphatic heterocycles. The zero-order chi connectivity index (χ0) is 17.8. The predicted octanol–water partition coefficient (Wildman–Crippen LogP) is 2.30. The summed E-state index contributed by atoms with van der Waals surface area (Å²) in [5.74, 6) is 2.90. The van der Waals surface area contributed by atoms with E-state index in [-0.39, 0.29) is 0 Å². The van der Waals surface area contributed by atoms with Gasteiger partial charge < -0.3 is 24.6 Å². The standard InChI is InChI=1S/C18H25N5O2/c1-13-11-17(23-9-7-22(2)8-10-23)21-18(19-13)20-14-5-6-15(24-3)16(12-14)25-4/h5-6,11-12H,7-10H2,1-4H3,(H,19,20,21). The molecular weight excluding hydrogens is 318 g/mol. The first-order valence-corrected chi connectivity index (χ1v) is 8.37. The van der Waals surface area contributed by atoms with E-state index in [2.05, 4.69) is 32.1 Å². The minimum atomic E-state index is 0.584. The van der Waals surface area contributed by atoms with E-state index in [1.54, 1.807) is 14.2 Å². The number of nitrogens with one attached hydrogen (secondary N) is 1. The molecule has 1 saturated heterocycles. The van der Waals surface area contributed by atoms with Gasteiger partial charge in [0.25, 0.3) is 0 Å². The average molecular weight is 343 g/mol. The molecule has 134 valence electrons. The minimum absolute atomic E-state index is 0.584. The smallest absolute Gasteiger partial charge is 0.229 e. The Bertz CT molecular complexity index is 729. The lowest BCUT2D eigenvalue weighted by molar-refractivity contribution is 0.312. The maximum atomic E-state index is 5.35. The Kier molecular flexibility index (Phi) is 5.23. The van der Waals surface area contributed by atoms with Gasteiger partial charge in [-0.3, -0.25) is 0 Å². The molecule has 1 aliphatic rings. The molecule has 3 rings (SSSR count). The summed E-state index contributed by atoms with van der Waals surface area (Å²) in [5, 5.41) is 3.26. The number of nitrogens with zero attached hydrogens (tertiary/aromatic N) is 4. The highest BCUT2D eigenvalue weighted by Crippen LogP contribution is 2.31. The monoisotopic (exact) mass is 343 g/mol. The van der Waals surface area contributed by atoms with Gasteiger partial charge in [-0.1, -0.05) is 0 Å². The molecule has 0 radical (unpaired) electrons. The number of hydrogen-bond donors (Lipinski definition) is 1. The first-order valence-electron chi connectivity index (χ1n) is 8.37. The first-order chi connectivity index (χ1) is 12.1. The molecular formula is C18H25N5O2. The largest absolute Gasteiger partial charge is 0.493 e. The molecule has 0 spiro atoms. The van der Waals surface area contributed by atoms with Crippen molar-refractivity contribution in [1.82, 2.24) is 14.9 Å². The minimum Gasteiger partial charge on any atom is -0.493 e. The number of hydrogen-bond acceptors (Lipinski definition) is 7. The van der Waals surface area contributed by atoms with E-state index in [1.807, 2.05) is 31.2 Å². The molecule has 7 nitrogen and oxygen atoms in total. The summed E-state index contributed by atoms with van der Waals surface area (Å²) in [6, 6.07) is 7.69. The summed E-state index contributed by atoms with van der Waals surface area (Å²) in [6.07, 6.45) is 0. The van der Waals surface area contributed by atoms with Crippen LogP contribution in [-0.4, -0.2) is 62.3 Å². The fourth-order valence-electron chi connectivity index (χ4n) is 2.85. The van der Waals surface area contributed by atoms with Gasteiger partial charge in [0.1, 0.15) is 5.82 Å². The van der Waals surface area contributed by atoms with Gasteiger partial charge in [-0.2, -0.15) is 4.98 Å². The molecule has 1 fully saturated rings. The van der Waals surface area contributed by atoms with Crippen LogP contribution in [0.2, 0.25) is 0 Å². The third-order valence-electron chi connectivity index (χ3n) is 4.31. The van der Waals surface area contributed by atoms with E-state index >= 15 is 0 Å². The van der Waals surface area contributed by atoms with E-state index in [9.17, 15) is 0 Å². The van der Waals surface area contributed by atoms with Crippen LogP contribution in [0.15, 0.2) is 24.3 Å². The molecule has 0 unspecified atom stereocenters. The Hall–Kier alpha value is -2.54. The summed E-state index contributed by atoms with van der Waals surface area (Å²) in [6.45, 7) is 6.02. The highest BCUT2D eigenvalue weighted by molar-refractivity contribution is 5.61. The van der Waals surface area contributed by atoms with Crippen LogP contribution in [0.25, 0.3) is 0 Å². The summed E-state index contributed by atoms with van der Waals surface area (Å²) < 4.78 is 10.6. The van der Waals surface area contributed by atoms with Crippen LogP contribution in [0.3, 0.4) is 0 Å². The second-order valence-electron chi connectivity index (χ2n) is 6.18. The lowest BCUT2D eigenvalue weighted by atomic mass is 10.2. The topological polar surface area (TPSA) is 62.8 Å². The highest BCUT2D eigenvalue weighted by Gasteiger charge is 2.16. The normalized spacial score (nSPS) is 15.1. The van der Waals surface area contributed by atoms with E-state index in [0.29, 0.717) is 17.4 Å². The van der Waals surface area contributed by atoms with Crippen LogP contribution >= 0.6 is 0 Å². The van der Waals surface area contributed by atoms with Gasteiger partial charge in [-0.15, -0.1) is 0 Å². The zero-order valence-electron chi connectivity index (χ0n) is 15.2. The van der Waals surface area contributed by atoms with Crippen molar-refractivity contribution in [3.05, 3.63) is 30.0 Å². The van der Waals surface area contributed by atoms with Gasteiger partial charge in [0.15, 0.2) is 11.5 Å². The molecule has 1 N–H and O–H groups in total. The van der Waals surface area contributed by atoms with Crippen molar-refractivity contribution >= 4 is 17.5 Å². The lowest BCUT2D eigenvalue weighted by Crippen LogP contribution is -2.44. The average Bonchev–Trinajstić information content (AvgIpc) is 2.61. The Morgan fingerprint density at radius 2 is 1.68 bits per heavy atom.